The lowest BCUT2D eigenvalue weighted by Crippen LogP contribution is -2.42. The maximum atomic E-state index is 3.59. The normalized spacial score (nSPS) is 17.1. The van der Waals surface area contributed by atoms with Crippen LogP contribution in [0.15, 0.2) is 22.7 Å². The number of anilines is 1. The molecule has 2 rings (SSSR count). The van der Waals surface area contributed by atoms with E-state index in [9.17, 15) is 0 Å². The van der Waals surface area contributed by atoms with Gasteiger partial charge in [0.05, 0.1) is 5.69 Å². The second-order valence-corrected chi connectivity index (χ2v) is 5.56. The van der Waals surface area contributed by atoms with Crippen LogP contribution in [0.1, 0.15) is 5.56 Å². The minimum Gasteiger partial charge on any atom is -0.377 e. The van der Waals surface area contributed by atoms with E-state index in [4.69, 9.17) is 0 Å². The van der Waals surface area contributed by atoms with E-state index in [1.807, 2.05) is 0 Å². The number of hydrogen-bond acceptors (Lipinski definition) is 3. The first kappa shape index (κ1) is 12.9. The summed E-state index contributed by atoms with van der Waals surface area (Å²) in [4.78, 5) is 4.64. The molecule has 0 amide bonds. The molecule has 0 bridgehead atoms. The van der Waals surface area contributed by atoms with E-state index in [0.29, 0.717) is 0 Å². The molecule has 0 atom stereocenters. The number of nitrogens with zero attached hydrogens (tertiary/aromatic N) is 2. The van der Waals surface area contributed by atoms with Crippen molar-refractivity contribution in [3.8, 4) is 0 Å². The fourth-order valence-electron chi connectivity index (χ4n) is 2.13. The van der Waals surface area contributed by atoms with Gasteiger partial charge in [0.25, 0.3) is 0 Å². The molecule has 4 heteroatoms. The van der Waals surface area contributed by atoms with Crippen LogP contribution >= 0.6 is 15.9 Å². The molecule has 1 aromatic carbocycles. The summed E-state index contributed by atoms with van der Waals surface area (Å²) in [5.41, 5.74) is 2.64. The van der Waals surface area contributed by atoms with E-state index in [-0.39, 0.29) is 0 Å². The molecule has 3 nitrogen and oxygen atoms in total. The summed E-state index contributed by atoms with van der Waals surface area (Å²) >= 11 is 3.59. The van der Waals surface area contributed by atoms with Gasteiger partial charge in [-0.15, -0.1) is 0 Å². The Kier molecular flexibility index (Phi) is 4.42. The Bertz CT molecular complexity index is 373. The highest BCUT2D eigenvalue weighted by Gasteiger charge is 2.11. The Morgan fingerprint density at radius 2 is 2.00 bits per heavy atom. The van der Waals surface area contributed by atoms with Crippen LogP contribution in [0.25, 0.3) is 0 Å². The van der Waals surface area contributed by atoms with Crippen molar-refractivity contribution in [2.45, 2.75) is 6.54 Å². The maximum Gasteiger partial charge on any atom is 0.0508 e. The lowest BCUT2D eigenvalue weighted by atomic mass is 10.1. The minimum atomic E-state index is 1.05. The van der Waals surface area contributed by atoms with Crippen molar-refractivity contribution in [3.05, 3.63) is 28.2 Å². The van der Waals surface area contributed by atoms with Crippen LogP contribution in [-0.4, -0.2) is 45.2 Å². The second-order valence-electron chi connectivity index (χ2n) is 4.71. The lowest BCUT2D eigenvalue weighted by molar-refractivity contribution is 0.233. The molecule has 0 radical (unpaired) electrons. The third-order valence-electron chi connectivity index (χ3n) is 3.11. The van der Waals surface area contributed by atoms with Gasteiger partial charge in [-0.05, 0) is 33.6 Å². The van der Waals surface area contributed by atoms with Gasteiger partial charge in [0.1, 0.15) is 0 Å². The molecule has 1 aliphatic rings. The molecule has 0 aromatic heterocycles. The zero-order valence-electron chi connectivity index (χ0n) is 10.5. The van der Waals surface area contributed by atoms with Gasteiger partial charge in [-0.1, -0.05) is 6.07 Å². The van der Waals surface area contributed by atoms with Crippen LogP contribution in [0.4, 0.5) is 5.69 Å². The smallest absolute Gasteiger partial charge is 0.0508 e. The molecule has 1 N–H and O–H groups in total. The number of hydrogen-bond donors (Lipinski definition) is 1. The molecular formula is C13H20BrN3. The summed E-state index contributed by atoms with van der Waals surface area (Å²) in [6, 6.07) is 6.62. The monoisotopic (exact) mass is 297 g/mol. The van der Waals surface area contributed by atoms with Crippen LogP contribution in [0, 0.1) is 0 Å². The van der Waals surface area contributed by atoms with E-state index in [1.54, 1.807) is 0 Å². The van der Waals surface area contributed by atoms with Crippen LogP contribution in [-0.2, 0) is 6.54 Å². The highest BCUT2D eigenvalue weighted by molar-refractivity contribution is 9.10. The number of rotatable bonds is 3. The topological polar surface area (TPSA) is 18.5 Å². The van der Waals surface area contributed by atoms with Crippen LogP contribution in [0.2, 0.25) is 0 Å². The molecule has 1 fully saturated rings. The second kappa shape index (κ2) is 5.85. The molecule has 1 aliphatic heterocycles. The maximum absolute atomic E-state index is 3.59. The van der Waals surface area contributed by atoms with Gasteiger partial charge in [0.15, 0.2) is 0 Å². The van der Waals surface area contributed by atoms with Crippen molar-refractivity contribution in [2.75, 3.05) is 45.2 Å². The minimum absolute atomic E-state index is 1.05. The standard InChI is InChI=1S/C13H20BrN3/c1-16(2)13-9-11(3-4-12(13)14)10-17-7-5-15-6-8-17/h3-4,9,15H,5-8,10H2,1-2H3. The fourth-order valence-corrected chi connectivity index (χ4v) is 2.73. The summed E-state index contributed by atoms with van der Waals surface area (Å²) in [5, 5.41) is 3.38. The van der Waals surface area contributed by atoms with Gasteiger partial charge in [0, 0.05) is 51.3 Å². The summed E-state index contributed by atoms with van der Waals surface area (Å²) in [7, 11) is 4.16. The highest BCUT2D eigenvalue weighted by atomic mass is 79.9. The van der Waals surface area contributed by atoms with Crippen molar-refractivity contribution < 1.29 is 0 Å². The Morgan fingerprint density at radius 3 is 2.65 bits per heavy atom. The van der Waals surface area contributed by atoms with Crippen molar-refractivity contribution in [1.82, 2.24) is 10.2 Å². The van der Waals surface area contributed by atoms with Gasteiger partial charge in [-0.3, -0.25) is 4.90 Å². The molecule has 0 spiro atoms. The van der Waals surface area contributed by atoms with E-state index in [1.165, 1.54) is 11.3 Å². The summed E-state index contributed by atoms with van der Waals surface area (Å²) in [6.07, 6.45) is 0. The van der Waals surface area contributed by atoms with Crippen molar-refractivity contribution >= 4 is 21.6 Å². The molecule has 1 aromatic rings. The predicted molar refractivity (Wildman–Crippen MR) is 76.6 cm³/mol. The summed E-state index contributed by atoms with van der Waals surface area (Å²) < 4.78 is 1.16. The molecule has 0 aliphatic carbocycles. The Labute approximate surface area is 112 Å². The zero-order valence-corrected chi connectivity index (χ0v) is 12.1. The van der Waals surface area contributed by atoms with Gasteiger partial charge in [-0.25, -0.2) is 0 Å². The zero-order chi connectivity index (χ0) is 12.3. The van der Waals surface area contributed by atoms with E-state index in [0.717, 1.165) is 37.2 Å². The molecule has 0 saturated carbocycles. The largest absolute Gasteiger partial charge is 0.377 e. The average molecular weight is 298 g/mol. The first-order valence-corrected chi connectivity index (χ1v) is 6.85. The van der Waals surface area contributed by atoms with Crippen LogP contribution in [0.5, 0.6) is 0 Å². The third-order valence-corrected chi connectivity index (χ3v) is 3.78. The molecule has 1 saturated heterocycles. The number of halogens is 1. The van der Waals surface area contributed by atoms with Gasteiger partial charge < -0.3 is 10.2 Å². The van der Waals surface area contributed by atoms with E-state index < -0.39 is 0 Å². The molecule has 94 valence electrons. The van der Waals surface area contributed by atoms with Gasteiger partial charge in [-0.2, -0.15) is 0 Å². The summed E-state index contributed by atoms with van der Waals surface area (Å²) in [6.45, 7) is 5.56. The van der Waals surface area contributed by atoms with Crippen molar-refractivity contribution in [3.63, 3.8) is 0 Å². The highest BCUT2D eigenvalue weighted by Crippen LogP contribution is 2.26. The molecule has 1 heterocycles. The lowest BCUT2D eigenvalue weighted by Gasteiger charge is -2.27. The molecular weight excluding hydrogens is 278 g/mol. The molecule has 17 heavy (non-hydrogen) atoms. The van der Waals surface area contributed by atoms with Crippen molar-refractivity contribution in [1.29, 1.82) is 0 Å². The predicted octanol–water partition coefficient (Wildman–Crippen LogP) is 1.92. The average Bonchev–Trinajstić information content (AvgIpc) is 2.32. The first-order chi connectivity index (χ1) is 8.16. The summed E-state index contributed by atoms with van der Waals surface area (Å²) in [5.74, 6) is 0. The van der Waals surface area contributed by atoms with E-state index >= 15 is 0 Å². The SMILES string of the molecule is CN(C)c1cc(CN2CCNCC2)ccc1Br. The van der Waals surface area contributed by atoms with E-state index in [2.05, 4.69) is 63.3 Å². The van der Waals surface area contributed by atoms with Gasteiger partial charge >= 0.3 is 0 Å². The Hall–Kier alpha value is -0.580. The number of benzene rings is 1. The quantitative estimate of drug-likeness (QED) is 0.920. The Morgan fingerprint density at radius 1 is 1.29 bits per heavy atom. The fraction of sp³-hybridized carbons (Fsp3) is 0.538. The van der Waals surface area contributed by atoms with Crippen LogP contribution in [0.3, 0.4) is 0 Å². The number of piperazine rings is 1. The number of nitrogens with one attached hydrogen (secondary N) is 1. The van der Waals surface area contributed by atoms with Gasteiger partial charge in [0.2, 0.25) is 0 Å². The first-order valence-electron chi connectivity index (χ1n) is 6.05. The molecule has 0 unspecified atom stereocenters. The Balaban J connectivity index is 2.07. The third kappa shape index (κ3) is 3.44. The van der Waals surface area contributed by atoms with Crippen molar-refractivity contribution in [2.24, 2.45) is 0 Å². The van der Waals surface area contributed by atoms with Crippen LogP contribution < -0.4 is 10.2 Å².